The van der Waals surface area contributed by atoms with Crippen molar-refractivity contribution in [2.45, 2.75) is 9.79 Å². The number of halogens is 1. The summed E-state index contributed by atoms with van der Waals surface area (Å²) in [7, 11) is -3.61. The Morgan fingerprint density at radius 3 is 2.58 bits per heavy atom. The summed E-state index contributed by atoms with van der Waals surface area (Å²) in [6.07, 6.45) is 1.64. The molecule has 1 aromatic carbocycles. The van der Waals surface area contributed by atoms with Crippen LogP contribution in [0.1, 0.15) is 0 Å². The van der Waals surface area contributed by atoms with E-state index >= 15 is 0 Å². The van der Waals surface area contributed by atoms with E-state index in [2.05, 4.69) is 9.97 Å². The lowest BCUT2D eigenvalue weighted by molar-refractivity contribution is 0.596. The van der Waals surface area contributed by atoms with Crippen LogP contribution in [-0.4, -0.2) is 18.4 Å². The molecule has 4 nitrogen and oxygen atoms in total. The molecule has 0 atom stereocenters. The van der Waals surface area contributed by atoms with Gasteiger partial charge in [0.15, 0.2) is 0 Å². The topological polar surface area (TPSA) is 62.8 Å². The summed E-state index contributed by atoms with van der Waals surface area (Å²) in [6.45, 7) is 0. The van der Waals surface area contributed by atoms with Gasteiger partial charge in [-0.1, -0.05) is 29.8 Å². The molecule has 0 aliphatic rings. The molecule has 6 heteroatoms. The Morgan fingerprint density at radius 1 is 1.11 bits per heavy atom. The Bertz CT molecular complexity index is 841. The molecular weight excluding hydrogens is 284 g/mol. The van der Waals surface area contributed by atoms with E-state index in [4.69, 9.17) is 11.6 Å². The van der Waals surface area contributed by atoms with Crippen molar-refractivity contribution in [2.75, 3.05) is 0 Å². The Labute approximate surface area is 115 Å². The second-order valence-electron chi connectivity index (χ2n) is 4.00. The highest BCUT2D eigenvalue weighted by atomic mass is 35.5. The predicted octanol–water partition coefficient (Wildman–Crippen LogP) is 3.05. The van der Waals surface area contributed by atoms with E-state index in [-0.39, 0.29) is 14.9 Å². The van der Waals surface area contributed by atoms with Crippen molar-refractivity contribution in [1.82, 2.24) is 9.97 Å². The summed E-state index contributed by atoms with van der Waals surface area (Å²) in [6, 6.07) is 11.3. The minimum atomic E-state index is -3.61. The third-order valence-electron chi connectivity index (χ3n) is 2.79. The SMILES string of the molecule is O=S(=O)(c1ccccc1)c1cc(Cl)nc2cc[nH]c12. The van der Waals surface area contributed by atoms with E-state index in [1.807, 2.05) is 0 Å². The van der Waals surface area contributed by atoms with Gasteiger partial charge in [0.05, 0.1) is 15.9 Å². The van der Waals surface area contributed by atoms with Crippen molar-refractivity contribution in [1.29, 1.82) is 0 Å². The van der Waals surface area contributed by atoms with Crippen LogP contribution in [0, 0.1) is 0 Å². The summed E-state index contributed by atoms with van der Waals surface area (Å²) in [5.41, 5.74) is 0.996. The summed E-state index contributed by atoms with van der Waals surface area (Å²) >= 11 is 5.88. The van der Waals surface area contributed by atoms with Gasteiger partial charge >= 0.3 is 0 Å². The third kappa shape index (κ3) is 2.01. The van der Waals surface area contributed by atoms with Gasteiger partial charge in [0.25, 0.3) is 0 Å². The highest BCUT2D eigenvalue weighted by Crippen LogP contribution is 2.28. The molecule has 0 saturated carbocycles. The van der Waals surface area contributed by atoms with Crippen molar-refractivity contribution in [3.63, 3.8) is 0 Å². The van der Waals surface area contributed by atoms with Crippen molar-refractivity contribution in [3.05, 3.63) is 53.8 Å². The summed E-state index contributed by atoms with van der Waals surface area (Å²) in [4.78, 5) is 7.33. The number of nitrogens with one attached hydrogen (secondary N) is 1. The molecule has 1 N–H and O–H groups in total. The Kier molecular flexibility index (Phi) is 2.80. The molecule has 19 heavy (non-hydrogen) atoms. The van der Waals surface area contributed by atoms with Crippen LogP contribution in [0.3, 0.4) is 0 Å². The van der Waals surface area contributed by atoms with Crippen LogP contribution in [0.2, 0.25) is 5.15 Å². The number of hydrogen-bond donors (Lipinski definition) is 1. The van der Waals surface area contributed by atoms with Gasteiger partial charge in [-0.15, -0.1) is 0 Å². The minimum absolute atomic E-state index is 0.138. The number of nitrogens with zero attached hydrogens (tertiary/aromatic N) is 1. The zero-order chi connectivity index (χ0) is 13.5. The molecule has 0 fully saturated rings. The van der Waals surface area contributed by atoms with Gasteiger partial charge in [-0.05, 0) is 24.3 Å². The second kappa shape index (κ2) is 4.36. The van der Waals surface area contributed by atoms with Gasteiger partial charge in [0.1, 0.15) is 10.0 Å². The fourth-order valence-corrected chi connectivity index (χ4v) is 3.65. The highest BCUT2D eigenvalue weighted by molar-refractivity contribution is 7.91. The monoisotopic (exact) mass is 292 g/mol. The lowest BCUT2D eigenvalue weighted by atomic mass is 10.4. The predicted molar refractivity (Wildman–Crippen MR) is 73.0 cm³/mol. The molecule has 0 unspecified atom stereocenters. The van der Waals surface area contributed by atoms with Crippen LogP contribution in [-0.2, 0) is 9.84 Å². The smallest absolute Gasteiger partial charge is 0.208 e. The second-order valence-corrected chi connectivity index (χ2v) is 6.30. The normalized spacial score (nSPS) is 11.8. The number of pyridine rings is 1. The maximum absolute atomic E-state index is 12.6. The largest absolute Gasteiger partial charge is 0.359 e. The molecule has 0 aliphatic heterocycles. The first kappa shape index (κ1) is 12.2. The van der Waals surface area contributed by atoms with E-state index in [9.17, 15) is 8.42 Å². The lowest BCUT2D eigenvalue weighted by Gasteiger charge is -2.06. The molecule has 0 aliphatic carbocycles. The molecule has 3 aromatic rings. The Hall–Kier alpha value is -1.85. The first-order chi connectivity index (χ1) is 9.09. The van der Waals surface area contributed by atoms with Gasteiger partial charge < -0.3 is 4.98 Å². The van der Waals surface area contributed by atoms with Gasteiger partial charge in [0.2, 0.25) is 9.84 Å². The van der Waals surface area contributed by atoms with E-state index < -0.39 is 9.84 Å². The average Bonchev–Trinajstić information content (AvgIpc) is 2.86. The van der Waals surface area contributed by atoms with Crippen LogP contribution >= 0.6 is 11.6 Å². The molecule has 96 valence electrons. The summed E-state index contributed by atoms with van der Waals surface area (Å²) in [5.74, 6) is 0. The van der Waals surface area contributed by atoms with Gasteiger partial charge in [-0.25, -0.2) is 13.4 Å². The Balaban J connectivity index is 2.33. The first-order valence-electron chi connectivity index (χ1n) is 5.53. The molecule has 0 spiro atoms. The highest BCUT2D eigenvalue weighted by Gasteiger charge is 2.22. The molecule has 3 rings (SSSR count). The molecule has 0 radical (unpaired) electrons. The van der Waals surface area contributed by atoms with Gasteiger partial charge in [-0.2, -0.15) is 0 Å². The number of rotatable bonds is 2. The number of benzene rings is 1. The molecule has 2 aromatic heterocycles. The standard InChI is InChI=1S/C13H9ClN2O2S/c14-12-8-11(13-10(16-12)6-7-15-13)19(17,18)9-4-2-1-3-5-9/h1-8,15H. The molecule has 2 heterocycles. The zero-order valence-corrected chi connectivity index (χ0v) is 11.2. The van der Waals surface area contributed by atoms with E-state index in [0.717, 1.165) is 0 Å². The summed E-state index contributed by atoms with van der Waals surface area (Å²) in [5, 5.41) is 0.154. The van der Waals surface area contributed by atoms with E-state index in [1.54, 1.807) is 42.6 Å². The maximum Gasteiger partial charge on any atom is 0.208 e. The van der Waals surface area contributed by atoms with Crippen LogP contribution in [0.5, 0.6) is 0 Å². The molecule has 0 amide bonds. The van der Waals surface area contributed by atoms with Crippen molar-refractivity contribution in [2.24, 2.45) is 0 Å². The lowest BCUT2D eigenvalue weighted by Crippen LogP contribution is -2.03. The van der Waals surface area contributed by atoms with Crippen LogP contribution < -0.4 is 0 Å². The quantitative estimate of drug-likeness (QED) is 0.738. The number of aromatic nitrogens is 2. The number of hydrogen-bond acceptors (Lipinski definition) is 3. The van der Waals surface area contributed by atoms with Gasteiger partial charge in [0, 0.05) is 6.20 Å². The third-order valence-corrected chi connectivity index (χ3v) is 4.78. The Morgan fingerprint density at radius 2 is 1.84 bits per heavy atom. The fraction of sp³-hybridized carbons (Fsp3) is 0. The molecule has 0 bridgehead atoms. The average molecular weight is 293 g/mol. The fourth-order valence-electron chi connectivity index (χ4n) is 1.92. The van der Waals surface area contributed by atoms with Crippen molar-refractivity contribution < 1.29 is 8.42 Å². The minimum Gasteiger partial charge on any atom is -0.359 e. The zero-order valence-electron chi connectivity index (χ0n) is 9.67. The first-order valence-corrected chi connectivity index (χ1v) is 7.39. The van der Waals surface area contributed by atoms with Gasteiger partial charge in [-0.3, -0.25) is 0 Å². The number of aromatic amines is 1. The summed E-state index contributed by atoms with van der Waals surface area (Å²) < 4.78 is 25.2. The van der Waals surface area contributed by atoms with Crippen LogP contribution in [0.4, 0.5) is 0 Å². The maximum atomic E-state index is 12.6. The van der Waals surface area contributed by atoms with Crippen LogP contribution in [0.15, 0.2) is 58.5 Å². The molecule has 0 saturated heterocycles. The van der Waals surface area contributed by atoms with Crippen molar-refractivity contribution in [3.8, 4) is 0 Å². The number of fused-ring (bicyclic) bond motifs is 1. The van der Waals surface area contributed by atoms with E-state index in [1.165, 1.54) is 6.07 Å². The molecular formula is C13H9ClN2O2S. The van der Waals surface area contributed by atoms with Crippen molar-refractivity contribution >= 4 is 32.5 Å². The number of sulfone groups is 1. The van der Waals surface area contributed by atoms with E-state index in [0.29, 0.717) is 11.0 Å². The van der Waals surface area contributed by atoms with Crippen LogP contribution in [0.25, 0.3) is 11.0 Å². The number of H-pyrrole nitrogens is 1.